The van der Waals surface area contributed by atoms with Crippen LogP contribution in [0.25, 0.3) is 0 Å². The van der Waals surface area contributed by atoms with E-state index in [1.807, 2.05) is 60.7 Å². The van der Waals surface area contributed by atoms with Crippen molar-refractivity contribution >= 4 is 17.5 Å². The van der Waals surface area contributed by atoms with Crippen molar-refractivity contribution < 1.29 is 9.59 Å². The predicted molar refractivity (Wildman–Crippen MR) is 130 cm³/mol. The molecule has 0 saturated carbocycles. The van der Waals surface area contributed by atoms with Crippen LogP contribution >= 0.6 is 0 Å². The number of anilines is 1. The van der Waals surface area contributed by atoms with Gasteiger partial charge >= 0.3 is 0 Å². The summed E-state index contributed by atoms with van der Waals surface area (Å²) in [5.41, 5.74) is 2.59. The second-order valence-electron chi connectivity index (χ2n) is 7.88. The number of aromatic nitrogens is 1. The Morgan fingerprint density at radius 2 is 1.55 bits per heavy atom. The zero-order chi connectivity index (χ0) is 23.6. The molecule has 172 valence electrons. The van der Waals surface area contributed by atoms with Gasteiger partial charge in [-0.05, 0) is 43.7 Å². The van der Waals surface area contributed by atoms with Crippen LogP contribution in [0.4, 0.5) is 5.69 Å². The van der Waals surface area contributed by atoms with E-state index in [0.717, 1.165) is 11.1 Å². The lowest BCUT2D eigenvalue weighted by molar-refractivity contribution is -0.121. The fourth-order valence-corrected chi connectivity index (χ4v) is 3.41. The standard InChI is InChI=1S/C26H30N4O3/c1-19(27-2)25(32)29-23-14-13-22(17-21-11-7-4-8-12-21)30(26(23)33)18-24(31)28-16-15-20-9-5-3-6-10-20/h3-14,19,27H,15-18H2,1-2H3,(H,28,31)(H,29,32). The van der Waals surface area contributed by atoms with Crippen LogP contribution in [0.2, 0.25) is 0 Å². The molecule has 7 nitrogen and oxygen atoms in total. The van der Waals surface area contributed by atoms with Gasteiger partial charge in [-0.1, -0.05) is 60.7 Å². The second kappa shape index (κ2) is 11.8. The van der Waals surface area contributed by atoms with Crippen molar-refractivity contribution in [2.24, 2.45) is 0 Å². The lowest BCUT2D eigenvalue weighted by Crippen LogP contribution is -2.39. The molecule has 0 fully saturated rings. The van der Waals surface area contributed by atoms with Crippen molar-refractivity contribution in [2.45, 2.75) is 32.4 Å². The van der Waals surface area contributed by atoms with Gasteiger partial charge in [-0.25, -0.2) is 0 Å². The van der Waals surface area contributed by atoms with E-state index in [9.17, 15) is 14.4 Å². The third-order valence-corrected chi connectivity index (χ3v) is 5.46. The first-order chi connectivity index (χ1) is 16.0. The minimum absolute atomic E-state index is 0.124. The van der Waals surface area contributed by atoms with Crippen LogP contribution in [0.5, 0.6) is 0 Å². The number of hydrogen-bond donors (Lipinski definition) is 3. The summed E-state index contributed by atoms with van der Waals surface area (Å²) in [6, 6.07) is 22.5. The Labute approximate surface area is 193 Å². The van der Waals surface area contributed by atoms with E-state index in [0.29, 0.717) is 25.1 Å². The summed E-state index contributed by atoms with van der Waals surface area (Å²) in [6.07, 6.45) is 1.20. The lowest BCUT2D eigenvalue weighted by atomic mass is 10.1. The van der Waals surface area contributed by atoms with Gasteiger partial charge < -0.3 is 20.5 Å². The quantitative estimate of drug-likeness (QED) is 0.446. The van der Waals surface area contributed by atoms with E-state index in [-0.39, 0.29) is 24.0 Å². The summed E-state index contributed by atoms with van der Waals surface area (Å²) in [6.45, 7) is 2.06. The van der Waals surface area contributed by atoms with E-state index in [2.05, 4.69) is 16.0 Å². The van der Waals surface area contributed by atoms with E-state index in [1.165, 1.54) is 4.57 Å². The maximum absolute atomic E-state index is 13.2. The number of nitrogens with zero attached hydrogens (tertiary/aromatic N) is 1. The number of pyridine rings is 1. The molecule has 0 bridgehead atoms. The highest BCUT2D eigenvalue weighted by Gasteiger charge is 2.16. The first-order valence-corrected chi connectivity index (χ1v) is 11.0. The van der Waals surface area contributed by atoms with E-state index in [4.69, 9.17) is 0 Å². The van der Waals surface area contributed by atoms with Crippen LogP contribution in [0, 0.1) is 0 Å². The van der Waals surface area contributed by atoms with Crippen LogP contribution < -0.4 is 21.5 Å². The molecule has 0 saturated heterocycles. The minimum Gasteiger partial charge on any atom is -0.354 e. The smallest absolute Gasteiger partial charge is 0.275 e. The van der Waals surface area contributed by atoms with Crippen LogP contribution in [0.3, 0.4) is 0 Å². The molecule has 1 unspecified atom stereocenters. The second-order valence-corrected chi connectivity index (χ2v) is 7.88. The molecule has 0 radical (unpaired) electrons. The monoisotopic (exact) mass is 446 g/mol. The van der Waals surface area contributed by atoms with Gasteiger partial charge in [0.15, 0.2) is 0 Å². The summed E-state index contributed by atoms with van der Waals surface area (Å²) in [4.78, 5) is 38.2. The molecule has 0 aliphatic heterocycles. The molecule has 33 heavy (non-hydrogen) atoms. The molecule has 2 aromatic carbocycles. The average Bonchev–Trinajstić information content (AvgIpc) is 2.83. The Morgan fingerprint density at radius 1 is 0.909 bits per heavy atom. The lowest BCUT2D eigenvalue weighted by Gasteiger charge is -2.16. The first-order valence-electron chi connectivity index (χ1n) is 11.0. The van der Waals surface area contributed by atoms with Crippen molar-refractivity contribution in [3.63, 3.8) is 0 Å². The zero-order valence-electron chi connectivity index (χ0n) is 19.0. The van der Waals surface area contributed by atoms with Crippen molar-refractivity contribution in [3.05, 3.63) is 100.0 Å². The zero-order valence-corrected chi connectivity index (χ0v) is 19.0. The summed E-state index contributed by atoms with van der Waals surface area (Å²) in [5.74, 6) is -0.571. The van der Waals surface area contributed by atoms with Crippen molar-refractivity contribution in [1.82, 2.24) is 15.2 Å². The number of carbonyl (C=O) groups excluding carboxylic acids is 2. The highest BCUT2D eigenvalue weighted by Crippen LogP contribution is 2.11. The molecule has 2 amide bonds. The van der Waals surface area contributed by atoms with Gasteiger partial charge in [-0.15, -0.1) is 0 Å². The van der Waals surface area contributed by atoms with Crippen LogP contribution in [0.15, 0.2) is 77.6 Å². The number of hydrogen-bond acceptors (Lipinski definition) is 4. The molecule has 7 heteroatoms. The van der Waals surface area contributed by atoms with Gasteiger partial charge in [-0.2, -0.15) is 0 Å². The highest BCUT2D eigenvalue weighted by atomic mass is 16.2. The minimum atomic E-state index is -0.455. The van der Waals surface area contributed by atoms with Crippen molar-refractivity contribution in [2.75, 3.05) is 18.9 Å². The predicted octanol–water partition coefficient (Wildman–Crippen LogP) is 2.34. The Hall–Kier alpha value is -3.71. The Balaban J connectivity index is 1.78. The van der Waals surface area contributed by atoms with Crippen LogP contribution in [-0.4, -0.2) is 36.0 Å². The largest absolute Gasteiger partial charge is 0.354 e. The van der Waals surface area contributed by atoms with Crippen molar-refractivity contribution in [1.29, 1.82) is 0 Å². The number of nitrogens with one attached hydrogen (secondary N) is 3. The van der Waals surface area contributed by atoms with Crippen LogP contribution in [0.1, 0.15) is 23.7 Å². The third-order valence-electron chi connectivity index (χ3n) is 5.46. The Kier molecular flexibility index (Phi) is 8.55. The molecule has 1 atom stereocenters. The van der Waals surface area contributed by atoms with Gasteiger partial charge in [0, 0.05) is 18.7 Å². The number of likely N-dealkylation sites (N-methyl/N-ethyl adjacent to an activating group) is 1. The molecule has 3 N–H and O–H groups in total. The molecule has 0 aliphatic rings. The topological polar surface area (TPSA) is 92.2 Å². The highest BCUT2D eigenvalue weighted by molar-refractivity contribution is 5.94. The molecule has 1 heterocycles. The average molecular weight is 447 g/mol. The van der Waals surface area contributed by atoms with Gasteiger partial charge in [0.2, 0.25) is 11.8 Å². The van der Waals surface area contributed by atoms with E-state index < -0.39 is 11.6 Å². The normalized spacial score (nSPS) is 11.6. The Bertz CT molecular complexity index is 1130. The molecule has 3 aromatic rings. The SMILES string of the molecule is CNC(C)C(=O)Nc1ccc(Cc2ccccc2)n(CC(=O)NCCc2ccccc2)c1=O. The maximum Gasteiger partial charge on any atom is 0.275 e. The van der Waals surface area contributed by atoms with E-state index in [1.54, 1.807) is 26.1 Å². The summed E-state index contributed by atoms with van der Waals surface area (Å²) >= 11 is 0. The first kappa shape index (κ1) is 23.9. The molecule has 1 aromatic heterocycles. The van der Waals surface area contributed by atoms with Crippen molar-refractivity contribution in [3.8, 4) is 0 Å². The number of carbonyl (C=O) groups is 2. The maximum atomic E-state index is 13.2. The molecule has 3 rings (SSSR count). The molecular formula is C26H30N4O3. The number of benzene rings is 2. The van der Waals surface area contributed by atoms with Crippen LogP contribution in [-0.2, 0) is 29.0 Å². The number of rotatable bonds is 10. The fraction of sp³-hybridized carbons (Fsp3) is 0.269. The molecular weight excluding hydrogens is 416 g/mol. The van der Waals surface area contributed by atoms with E-state index >= 15 is 0 Å². The summed E-state index contributed by atoms with van der Waals surface area (Å²) in [5, 5.41) is 8.40. The fourth-order valence-electron chi connectivity index (χ4n) is 3.41. The van der Waals surface area contributed by atoms with Gasteiger partial charge in [0.1, 0.15) is 12.2 Å². The number of amides is 2. The molecule has 0 aliphatic carbocycles. The van der Waals surface area contributed by atoms with Gasteiger partial charge in [-0.3, -0.25) is 14.4 Å². The van der Waals surface area contributed by atoms with Gasteiger partial charge in [0.05, 0.1) is 6.04 Å². The summed E-state index contributed by atoms with van der Waals surface area (Å²) < 4.78 is 1.44. The Morgan fingerprint density at radius 3 is 2.18 bits per heavy atom. The van der Waals surface area contributed by atoms with Gasteiger partial charge in [0.25, 0.3) is 5.56 Å². The third kappa shape index (κ3) is 6.89. The summed E-state index contributed by atoms with van der Waals surface area (Å²) in [7, 11) is 1.67. The molecule has 0 spiro atoms.